The van der Waals surface area contributed by atoms with Crippen LogP contribution in [0.5, 0.6) is 0 Å². The molecular formula is C15H16Cl2N2. The van der Waals surface area contributed by atoms with Crippen molar-refractivity contribution in [2.45, 2.75) is 24.6 Å². The van der Waals surface area contributed by atoms with Gasteiger partial charge in [-0.15, -0.1) is 11.6 Å². The first-order valence-electron chi connectivity index (χ1n) is 6.64. The van der Waals surface area contributed by atoms with Gasteiger partial charge in [-0.05, 0) is 49.4 Å². The Morgan fingerprint density at radius 3 is 2.95 bits per heavy atom. The Labute approximate surface area is 123 Å². The van der Waals surface area contributed by atoms with Crippen LogP contribution in [-0.4, -0.2) is 16.9 Å². The third-order valence-electron chi connectivity index (χ3n) is 3.76. The molecule has 1 heterocycles. The lowest BCUT2D eigenvalue weighted by Crippen LogP contribution is -2.12. The van der Waals surface area contributed by atoms with Gasteiger partial charge in [0, 0.05) is 34.2 Å². The van der Waals surface area contributed by atoms with Gasteiger partial charge in [-0.1, -0.05) is 11.6 Å². The molecule has 1 aromatic heterocycles. The molecule has 2 atom stereocenters. The molecule has 1 aromatic carbocycles. The molecule has 2 aromatic rings. The molecule has 3 rings (SSSR count). The van der Waals surface area contributed by atoms with Gasteiger partial charge < -0.3 is 5.32 Å². The molecule has 1 saturated carbocycles. The fourth-order valence-electron chi connectivity index (χ4n) is 2.73. The summed E-state index contributed by atoms with van der Waals surface area (Å²) in [6.45, 7) is 0.977. The summed E-state index contributed by atoms with van der Waals surface area (Å²) in [7, 11) is 0. The van der Waals surface area contributed by atoms with Crippen LogP contribution in [0.1, 0.15) is 19.3 Å². The first-order chi connectivity index (χ1) is 9.22. The molecule has 0 saturated heterocycles. The van der Waals surface area contributed by atoms with E-state index in [1.807, 2.05) is 30.5 Å². The van der Waals surface area contributed by atoms with E-state index in [-0.39, 0.29) is 0 Å². The number of nitrogens with zero attached hydrogens (tertiary/aromatic N) is 1. The van der Waals surface area contributed by atoms with E-state index in [0.29, 0.717) is 11.3 Å². The minimum atomic E-state index is 0.361. The number of hydrogen-bond donors (Lipinski definition) is 1. The Morgan fingerprint density at radius 2 is 2.16 bits per heavy atom. The second kappa shape index (κ2) is 5.56. The van der Waals surface area contributed by atoms with Crippen molar-refractivity contribution >= 4 is 39.8 Å². The summed E-state index contributed by atoms with van der Waals surface area (Å²) in [6, 6.07) is 7.84. The molecule has 2 unspecified atom stereocenters. The molecule has 1 aliphatic carbocycles. The third-order valence-corrected chi connectivity index (χ3v) is 4.39. The van der Waals surface area contributed by atoms with Gasteiger partial charge in [0.15, 0.2) is 0 Å². The molecule has 1 N–H and O–H groups in total. The van der Waals surface area contributed by atoms with Gasteiger partial charge in [0.1, 0.15) is 0 Å². The normalized spacial score (nSPS) is 22.8. The van der Waals surface area contributed by atoms with Gasteiger partial charge >= 0.3 is 0 Å². The van der Waals surface area contributed by atoms with E-state index in [1.54, 1.807) is 0 Å². The number of benzene rings is 1. The third kappa shape index (κ3) is 2.96. The minimum Gasteiger partial charge on any atom is -0.384 e. The predicted molar refractivity (Wildman–Crippen MR) is 82.2 cm³/mol. The Hall–Kier alpha value is -0.990. The maximum absolute atomic E-state index is 6.15. The van der Waals surface area contributed by atoms with E-state index in [0.717, 1.165) is 41.0 Å². The summed E-state index contributed by atoms with van der Waals surface area (Å²) in [5.74, 6) is 0.679. The van der Waals surface area contributed by atoms with E-state index >= 15 is 0 Å². The maximum Gasteiger partial charge on any atom is 0.0737 e. The smallest absolute Gasteiger partial charge is 0.0737 e. The van der Waals surface area contributed by atoms with Gasteiger partial charge in [-0.3, -0.25) is 4.98 Å². The van der Waals surface area contributed by atoms with Crippen LogP contribution in [0.25, 0.3) is 10.9 Å². The topological polar surface area (TPSA) is 24.9 Å². The van der Waals surface area contributed by atoms with E-state index < -0.39 is 0 Å². The summed E-state index contributed by atoms with van der Waals surface area (Å²) in [5, 5.41) is 5.73. The first-order valence-corrected chi connectivity index (χ1v) is 7.46. The van der Waals surface area contributed by atoms with Crippen LogP contribution < -0.4 is 5.32 Å². The van der Waals surface area contributed by atoms with Crippen LogP contribution >= 0.6 is 23.2 Å². The van der Waals surface area contributed by atoms with Crippen LogP contribution in [0.3, 0.4) is 0 Å². The predicted octanol–water partition coefficient (Wildman–Crippen LogP) is 4.71. The standard InChI is InChI=1S/C15H16Cl2N2/c16-11-2-1-10(7-11)9-19-14-5-6-18-15-8-12(17)3-4-13(14)15/h3-6,8,10-11H,1-2,7,9H2,(H,18,19). The number of anilines is 1. The number of alkyl halides is 1. The summed E-state index contributed by atoms with van der Waals surface area (Å²) < 4.78 is 0. The van der Waals surface area contributed by atoms with Gasteiger partial charge in [-0.25, -0.2) is 0 Å². The molecule has 1 aliphatic rings. The number of halogens is 2. The van der Waals surface area contributed by atoms with Gasteiger partial charge in [0.2, 0.25) is 0 Å². The second-order valence-electron chi connectivity index (χ2n) is 5.18. The van der Waals surface area contributed by atoms with Crippen molar-refractivity contribution in [1.82, 2.24) is 4.98 Å². The number of fused-ring (bicyclic) bond motifs is 1. The molecule has 0 spiro atoms. The van der Waals surface area contributed by atoms with Crippen LogP contribution in [-0.2, 0) is 0 Å². The Bertz CT molecular complexity index is 585. The van der Waals surface area contributed by atoms with Crippen LogP contribution in [0.4, 0.5) is 5.69 Å². The molecule has 19 heavy (non-hydrogen) atoms. The Morgan fingerprint density at radius 1 is 1.26 bits per heavy atom. The molecule has 2 nitrogen and oxygen atoms in total. The Balaban J connectivity index is 1.77. The zero-order valence-electron chi connectivity index (χ0n) is 10.6. The highest BCUT2D eigenvalue weighted by molar-refractivity contribution is 6.31. The summed E-state index contributed by atoms with van der Waals surface area (Å²) >= 11 is 12.1. The van der Waals surface area contributed by atoms with Crippen LogP contribution in [0, 0.1) is 5.92 Å². The highest BCUT2D eigenvalue weighted by atomic mass is 35.5. The fraction of sp³-hybridized carbons (Fsp3) is 0.400. The number of hydrogen-bond acceptors (Lipinski definition) is 2. The lowest BCUT2D eigenvalue weighted by molar-refractivity contribution is 0.581. The molecule has 0 amide bonds. The van der Waals surface area contributed by atoms with Gasteiger partial charge in [-0.2, -0.15) is 0 Å². The van der Waals surface area contributed by atoms with Crippen molar-refractivity contribution in [1.29, 1.82) is 0 Å². The molecule has 100 valence electrons. The molecule has 0 radical (unpaired) electrons. The average molecular weight is 295 g/mol. The fourth-order valence-corrected chi connectivity index (χ4v) is 3.27. The highest BCUT2D eigenvalue weighted by Gasteiger charge is 2.22. The van der Waals surface area contributed by atoms with Crippen molar-refractivity contribution in [3.8, 4) is 0 Å². The lowest BCUT2D eigenvalue weighted by atomic mass is 10.1. The minimum absolute atomic E-state index is 0.361. The average Bonchev–Trinajstić information content (AvgIpc) is 2.81. The number of nitrogens with one attached hydrogen (secondary N) is 1. The number of rotatable bonds is 3. The van der Waals surface area contributed by atoms with Crippen LogP contribution in [0.15, 0.2) is 30.5 Å². The van der Waals surface area contributed by atoms with Crippen molar-refractivity contribution in [2.75, 3.05) is 11.9 Å². The molecule has 0 bridgehead atoms. The number of aromatic nitrogens is 1. The molecule has 4 heteroatoms. The summed E-state index contributed by atoms with van der Waals surface area (Å²) in [4.78, 5) is 4.35. The van der Waals surface area contributed by atoms with Crippen LogP contribution in [0.2, 0.25) is 5.02 Å². The van der Waals surface area contributed by atoms with Crippen molar-refractivity contribution in [3.63, 3.8) is 0 Å². The van der Waals surface area contributed by atoms with E-state index in [1.165, 1.54) is 6.42 Å². The molecule has 1 fully saturated rings. The van der Waals surface area contributed by atoms with E-state index in [4.69, 9.17) is 23.2 Å². The van der Waals surface area contributed by atoms with Crippen molar-refractivity contribution < 1.29 is 0 Å². The monoisotopic (exact) mass is 294 g/mol. The van der Waals surface area contributed by atoms with Crippen molar-refractivity contribution in [2.24, 2.45) is 5.92 Å². The Kier molecular flexibility index (Phi) is 3.81. The largest absolute Gasteiger partial charge is 0.384 e. The zero-order valence-corrected chi connectivity index (χ0v) is 12.1. The van der Waals surface area contributed by atoms with E-state index in [2.05, 4.69) is 10.3 Å². The quantitative estimate of drug-likeness (QED) is 0.830. The lowest BCUT2D eigenvalue weighted by Gasteiger charge is -2.13. The molecular weight excluding hydrogens is 279 g/mol. The zero-order chi connectivity index (χ0) is 13.2. The highest BCUT2D eigenvalue weighted by Crippen LogP contribution is 2.30. The SMILES string of the molecule is Clc1ccc2c(NCC3CCC(Cl)C3)ccnc2c1. The van der Waals surface area contributed by atoms with E-state index in [9.17, 15) is 0 Å². The van der Waals surface area contributed by atoms with Gasteiger partial charge in [0.05, 0.1) is 5.52 Å². The van der Waals surface area contributed by atoms with Crippen molar-refractivity contribution in [3.05, 3.63) is 35.5 Å². The number of pyridine rings is 1. The van der Waals surface area contributed by atoms with Gasteiger partial charge in [0.25, 0.3) is 0 Å². The first kappa shape index (κ1) is 13.0. The summed E-state index contributed by atoms with van der Waals surface area (Å²) in [5.41, 5.74) is 2.05. The maximum atomic E-state index is 6.15. The molecule has 0 aliphatic heterocycles. The summed E-state index contributed by atoms with van der Waals surface area (Å²) in [6.07, 6.45) is 5.29. The second-order valence-corrected chi connectivity index (χ2v) is 6.23.